The van der Waals surface area contributed by atoms with Crippen molar-refractivity contribution in [1.29, 1.82) is 0 Å². The summed E-state index contributed by atoms with van der Waals surface area (Å²) in [5.41, 5.74) is 0.970. The first-order valence-electron chi connectivity index (χ1n) is 9.25. The molecule has 2 heterocycles. The molecule has 0 radical (unpaired) electrons. The maximum atomic E-state index is 12.1. The lowest BCUT2D eigenvalue weighted by molar-refractivity contribution is -0.256. The molecule has 0 aromatic carbocycles. The van der Waals surface area contributed by atoms with Gasteiger partial charge < -0.3 is 19.9 Å². The van der Waals surface area contributed by atoms with E-state index in [9.17, 15) is 14.7 Å². The molecule has 0 saturated carbocycles. The minimum atomic E-state index is -1.48. The topological polar surface area (TPSA) is 84.9 Å². The van der Waals surface area contributed by atoms with Crippen LogP contribution in [0, 0.1) is 0 Å². The smallest absolute Gasteiger partial charge is 0.330 e. The zero-order chi connectivity index (χ0) is 19.0. The Labute approximate surface area is 159 Å². The van der Waals surface area contributed by atoms with Crippen molar-refractivity contribution in [3.63, 3.8) is 0 Å². The molecule has 26 heavy (non-hydrogen) atoms. The van der Waals surface area contributed by atoms with Gasteiger partial charge in [-0.05, 0) is 26.2 Å². The van der Waals surface area contributed by atoms with Crippen molar-refractivity contribution in [2.45, 2.75) is 70.3 Å². The van der Waals surface area contributed by atoms with Crippen LogP contribution >= 0.6 is 11.8 Å². The summed E-state index contributed by atoms with van der Waals surface area (Å²) in [4.78, 5) is 23.5. The number of nitrogens with one attached hydrogen (secondary N) is 1. The number of rotatable bonds is 8. The highest BCUT2D eigenvalue weighted by Crippen LogP contribution is 2.32. The van der Waals surface area contributed by atoms with Gasteiger partial charge >= 0.3 is 5.97 Å². The van der Waals surface area contributed by atoms with E-state index in [4.69, 9.17) is 9.47 Å². The highest BCUT2D eigenvalue weighted by Gasteiger charge is 2.46. The second-order valence-electron chi connectivity index (χ2n) is 6.83. The van der Waals surface area contributed by atoms with E-state index in [1.54, 1.807) is 0 Å². The van der Waals surface area contributed by atoms with Crippen LogP contribution in [0.5, 0.6) is 0 Å². The van der Waals surface area contributed by atoms with Gasteiger partial charge in [0.05, 0.1) is 12.6 Å². The highest BCUT2D eigenvalue weighted by molar-refractivity contribution is 8.14. The highest BCUT2D eigenvalue weighted by atomic mass is 32.2. The van der Waals surface area contributed by atoms with E-state index in [0.29, 0.717) is 12.2 Å². The van der Waals surface area contributed by atoms with Crippen molar-refractivity contribution < 1.29 is 24.2 Å². The molecule has 0 aromatic heterocycles. The fourth-order valence-corrected chi connectivity index (χ4v) is 3.90. The van der Waals surface area contributed by atoms with E-state index < -0.39 is 17.9 Å². The van der Waals surface area contributed by atoms with Gasteiger partial charge in [-0.15, -0.1) is 0 Å². The van der Waals surface area contributed by atoms with Gasteiger partial charge in [0.2, 0.25) is 0 Å². The van der Waals surface area contributed by atoms with Crippen molar-refractivity contribution in [1.82, 2.24) is 5.32 Å². The van der Waals surface area contributed by atoms with Crippen molar-refractivity contribution in [3.8, 4) is 0 Å². The lowest BCUT2D eigenvalue weighted by atomic mass is 9.96. The lowest BCUT2D eigenvalue weighted by Gasteiger charge is -2.39. The zero-order valence-electron chi connectivity index (χ0n) is 15.5. The number of carbonyl (C=O) groups excluding carboxylic acids is 2. The van der Waals surface area contributed by atoms with Crippen LogP contribution in [0.3, 0.4) is 0 Å². The summed E-state index contributed by atoms with van der Waals surface area (Å²) in [5, 5.41) is 13.2. The Kier molecular flexibility index (Phi) is 8.18. The lowest BCUT2D eigenvalue weighted by Crippen LogP contribution is -2.56. The largest absolute Gasteiger partial charge is 0.459 e. The molecule has 2 N–H and O–H groups in total. The van der Waals surface area contributed by atoms with Crippen molar-refractivity contribution in [2.24, 2.45) is 0 Å². The molecule has 2 aliphatic rings. The molecule has 0 bridgehead atoms. The van der Waals surface area contributed by atoms with Crippen molar-refractivity contribution >= 4 is 23.0 Å². The van der Waals surface area contributed by atoms with E-state index in [1.807, 2.05) is 6.92 Å². The van der Waals surface area contributed by atoms with Crippen molar-refractivity contribution in [3.05, 3.63) is 23.8 Å². The second kappa shape index (κ2) is 10.1. The van der Waals surface area contributed by atoms with Crippen LogP contribution in [-0.4, -0.2) is 46.6 Å². The molecule has 1 amide bonds. The summed E-state index contributed by atoms with van der Waals surface area (Å²) in [6.45, 7) is 4.35. The van der Waals surface area contributed by atoms with Crippen LogP contribution < -0.4 is 5.32 Å². The first-order chi connectivity index (χ1) is 12.4. The van der Waals surface area contributed by atoms with Gasteiger partial charge in [0.25, 0.3) is 5.24 Å². The van der Waals surface area contributed by atoms with Crippen LogP contribution in [0.15, 0.2) is 23.8 Å². The van der Waals surface area contributed by atoms with Gasteiger partial charge in [-0.25, -0.2) is 4.79 Å². The SMILES string of the molecule is CCC/C=C/CC/C(C)=C\C(=O)OC1CCOC(O)(C2CSC(=O)N2)C1. The maximum absolute atomic E-state index is 12.1. The molecule has 3 atom stereocenters. The predicted molar refractivity (Wildman–Crippen MR) is 102 cm³/mol. The van der Waals surface area contributed by atoms with E-state index in [1.165, 1.54) is 6.08 Å². The number of hydrogen-bond donors (Lipinski definition) is 2. The Morgan fingerprint density at radius 1 is 1.46 bits per heavy atom. The van der Waals surface area contributed by atoms with Crippen LogP contribution in [0.4, 0.5) is 4.79 Å². The van der Waals surface area contributed by atoms with Crippen LogP contribution in [0.1, 0.15) is 52.4 Å². The number of allylic oxidation sites excluding steroid dienone is 3. The zero-order valence-corrected chi connectivity index (χ0v) is 16.3. The number of amides is 1. The molecule has 2 aliphatic heterocycles. The number of esters is 1. The molecule has 0 spiro atoms. The minimum absolute atomic E-state index is 0.164. The predicted octanol–water partition coefficient (Wildman–Crippen LogP) is 3.31. The number of thioether (sulfide) groups is 1. The normalized spacial score (nSPS) is 29.8. The molecule has 7 heteroatoms. The molecular formula is C19H29NO5S. The van der Waals surface area contributed by atoms with Gasteiger partial charge in [-0.2, -0.15) is 0 Å². The van der Waals surface area contributed by atoms with Gasteiger partial charge in [-0.3, -0.25) is 4.79 Å². The Bertz CT molecular complexity index is 562. The summed E-state index contributed by atoms with van der Waals surface area (Å²) < 4.78 is 11.0. The number of ether oxygens (including phenoxy) is 2. The van der Waals surface area contributed by atoms with E-state index >= 15 is 0 Å². The summed E-state index contributed by atoms with van der Waals surface area (Å²) in [6, 6.07) is -0.478. The standard InChI is InChI=1S/C19H29NO5S/c1-3-4-5-6-7-8-14(2)11-17(21)25-15-9-10-24-19(23,12-15)16-13-26-18(22)20-16/h5-6,11,15-16,23H,3-4,7-10,12-13H2,1-2H3,(H,20,22)/b6-5+,14-11-. The van der Waals surface area contributed by atoms with Crippen LogP contribution in [0.25, 0.3) is 0 Å². The molecule has 2 saturated heterocycles. The molecular weight excluding hydrogens is 354 g/mol. The fraction of sp³-hybridized carbons (Fsp3) is 0.684. The summed E-state index contributed by atoms with van der Waals surface area (Å²) in [6.07, 6.45) is 10.0. The monoisotopic (exact) mass is 383 g/mol. The van der Waals surface area contributed by atoms with Gasteiger partial charge in [0, 0.05) is 24.7 Å². The first kappa shape index (κ1) is 21.0. The van der Waals surface area contributed by atoms with Gasteiger partial charge in [0.1, 0.15) is 6.10 Å². The molecule has 0 aromatic rings. The quantitative estimate of drug-likeness (QED) is 0.380. The molecule has 3 unspecified atom stereocenters. The first-order valence-corrected chi connectivity index (χ1v) is 10.2. The van der Waals surface area contributed by atoms with Gasteiger partial charge in [0.15, 0.2) is 5.79 Å². The van der Waals surface area contributed by atoms with Gasteiger partial charge in [-0.1, -0.05) is 42.8 Å². The Morgan fingerprint density at radius 2 is 2.23 bits per heavy atom. The Hall–Kier alpha value is -1.31. The van der Waals surface area contributed by atoms with E-state index in [0.717, 1.165) is 43.0 Å². The van der Waals surface area contributed by atoms with Crippen LogP contribution in [0.2, 0.25) is 0 Å². The molecule has 146 valence electrons. The summed E-state index contributed by atoms with van der Waals surface area (Å²) in [5.74, 6) is -1.43. The maximum Gasteiger partial charge on any atom is 0.330 e. The average molecular weight is 384 g/mol. The van der Waals surface area contributed by atoms with Crippen LogP contribution in [-0.2, 0) is 14.3 Å². The van der Waals surface area contributed by atoms with Crippen molar-refractivity contribution in [2.75, 3.05) is 12.4 Å². The number of hydrogen-bond acceptors (Lipinski definition) is 6. The molecule has 2 fully saturated rings. The molecule has 0 aliphatic carbocycles. The third-order valence-electron chi connectivity index (χ3n) is 4.50. The Balaban J connectivity index is 1.80. The summed E-state index contributed by atoms with van der Waals surface area (Å²) in [7, 11) is 0. The number of unbranched alkanes of at least 4 members (excludes halogenated alkanes) is 1. The minimum Gasteiger partial charge on any atom is -0.459 e. The second-order valence-corrected chi connectivity index (χ2v) is 7.82. The van der Waals surface area contributed by atoms with E-state index in [-0.39, 0.29) is 24.2 Å². The third kappa shape index (κ3) is 6.45. The Morgan fingerprint density at radius 3 is 2.92 bits per heavy atom. The van der Waals surface area contributed by atoms with E-state index in [2.05, 4.69) is 24.4 Å². The molecule has 2 rings (SSSR count). The molecule has 6 nitrogen and oxygen atoms in total. The average Bonchev–Trinajstić information content (AvgIpc) is 3.02. The number of aliphatic hydroxyl groups is 1. The third-order valence-corrected chi connectivity index (χ3v) is 5.38. The summed E-state index contributed by atoms with van der Waals surface area (Å²) >= 11 is 1.12. The number of carbonyl (C=O) groups is 2. The fourth-order valence-electron chi connectivity index (χ4n) is 3.01.